The number of nitrogens with one attached hydrogen (secondary N) is 1. The van der Waals surface area contributed by atoms with Gasteiger partial charge >= 0.3 is 0 Å². The lowest BCUT2D eigenvalue weighted by Gasteiger charge is -2.32. The van der Waals surface area contributed by atoms with E-state index in [0.29, 0.717) is 21.9 Å². The maximum Gasteiger partial charge on any atom is 0.282 e. The van der Waals surface area contributed by atoms with Crippen molar-refractivity contribution >= 4 is 34.8 Å². The van der Waals surface area contributed by atoms with Gasteiger partial charge in [-0.15, -0.1) is 0 Å². The van der Waals surface area contributed by atoms with Gasteiger partial charge in [0.1, 0.15) is 10.8 Å². The molecule has 2 N–H and O–H groups in total. The molecule has 1 saturated heterocycles. The van der Waals surface area contributed by atoms with Crippen LogP contribution in [0, 0.1) is 6.92 Å². The van der Waals surface area contributed by atoms with Gasteiger partial charge in [0.25, 0.3) is 11.8 Å². The van der Waals surface area contributed by atoms with Crippen molar-refractivity contribution in [3.05, 3.63) is 88.2 Å². The molecule has 182 valence electrons. The number of aromatic nitrogens is 1. The monoisotopic (exact) mass is 493 g/mol. The lowest BCUT2D eigenvalue weighted by molar-refractivity contribution is 0.0854. The topological polar surface area (TPSA) is 89.0 Å². The number of aryl methyl sites for hydroxylation is 1. The first-order valence-corrected chi connectivity index (χ1v) is 11.8. The second kappa shape index (κ2) is 11.0. The zero-order valence-corrected chi connectivity index (χ0v) is 20.5. The highest BCUT2D eigenvalue weighted by Gasteiger charge is 2.20. The average Bonchev–Trinajstić information content (AvgIpc) is 2.86. The fourth-order valence-corrected chi connectivity index (χ4v) is 4.11. The highest BCUT2D eigenvalue weighted by atomic mass is 35.5. The predicted octanol–water partition coefficient (Wildman–Crippen LogP) is 4.08. The second-order valence-electron chi connectivity index (χ2n) is 8.70. The number of hydrogen-bond acceptors (Lipinski definition) is 6. The van der Waals surface area contributed by atoms with Crippen molar-refractivity contribution in [1.29, 1.82) is 0 Å². The Balaban J connectivity index is 1.48. The summed E-state index contributed by atoms with van der Waals surface area (Å²) in [6.07, 6.45) is 0. The molecule has 8 nitrogen and oxygen atoms in total. The minimum Gasteiger partial charge on any atom is -0.321 e. The Labute approximate surface area is 209 Å². The predicted molar refractivity (Wildman–Crippen MR) is 136 cm³/mol. The number of nitrogens with zero attached hydrogens (tertiary/aromatic N) is 4. The first kappa shape index (κ1) is 24.8. The van der Waals surface area contributed by atoms with E-state index in [9.17, 15) is 14.8 Å². The summed E-state index contributed by atoms with van der Waals surface area (Å²) in [5.41, 5.74) is 2.92. The second-order valence-corrected chi connectivity index (χ2v) is 9.08. The van der Waals surface area contributed by atoms with Crippen molar-refractivity contribution in [2.45, 2.75) is 13.5 Å². The van der Waals surface area contributed by atoms with E-state index in [1.54, 1.807) is 49.4 Å². The van der Waals surface area contributed by atoms with Crippen LogP contribution in [0.4, 0.5) is 11.4 Å². The molecule has 1 aromatic heterocycles. The zero-order valence-electron chi connectivity index (χ0n) is 19.7. The third-order valence-electron chi connectivity index (χ3n) is 6.01. The van der Waals surface area contributed by atoms with Crippen molar-refractivity contribution in [3.8, 4) is 0 Å². The number of halogens is 1. The highest BCUT2D eigenvalue weighted by Crippen LogP contribution is 2.25. The van der Waals surface area contributed by atoms with E-state index >= 15 is 0 Å². The number of pyridine rings is 1. The number of rotatable bonds is 6. The van der Waals surface area contributed by atoms with E-state index in [-0.39, 0.29) is 16.5 Å². The summed E-state index contributed by atoms with van der Waals surface area (Å²) in [6, 6.07) is 17.0. The first-order chi connectivity index (χ1) is 16.8. The molecule has 0 radical (unpaired) electrons. The molecule has 2 aromatic carbocycles. The summed E-state index contributed by atoms with van der Waals surface area (Å²) in [5.74, 6) is -0.997. The van der Waals surface area contributed by atoms with Gasteiger partial charge in [0, 0.05) is 44.0 Å². The molecule has 0 spiro atoms. The molecule has 35 heavy (non-hydrogen) atoms. The Bertz CT molecular complexity index is 1230. The van der Waals surface area contributed by atoms with Crippen molar-refractivity contribution < 1.29 is 14.8 Å². The molecule has 1 aliphatic rings. The molecule has 3 aromatic rings. The number of hydroxylamine groups is 1. The number of likely N-dealkylation sites (N-methyl/N-ethyl adjacent to an activating group) is 1. The molecule has 2 heterocycles. The van der Waals surface area contributed by atoms with Crippen LogP contribution in [0.15, 0.2) is 60.7 Å². The van der Waals surface area contributed by atoms with Crippen molar-refractivity contribution in [1.82, 2.24) is 14.8 Å². The quantitative estimate of drug-likeness (QED) is 0.305. The van der Waals surface area contributed by atoms with E-state index < -0.39 is 11.8 Å². The van der Waals surface area contributed by atoms with Gasteiger partial charge in [-0.25, -0.2) is 4.98 Å². The van der Waals surface area contributed by atoms with Crippen LogP contribution in [0.3, 0.4) is 0 Å². The van der Waals surface area contributed by atoms with Crippen molar-refractivity contribution in [2.75, 3.05) is 43.6 Å². The SMILES string of the molecule is Cc1ccc(NC(=O)c2cccc(Cl)n2)cc1N(O)C(=O)c1cccc(CN2CCN(C)CC2)c1. The highest BCUT2D eigenvalue weighted by molar-refractivity contribution is 6.29. The number of anilines is 2. The molecule has 0 aliphatic carbocycles. The largest absolute Gasteiger partial charge is 0.321 e. The zero-order chi connectivity index (χ0) is 24.9. The summed E-state index contributed by atoms with van der Waals surface area (Å²) in [7, 11) is 2.11. The number of carbonyl (C=O) groups is 2. The van der Waals surface area contributed by atoms with Crippen LogP contribution >= 0.6 is 11.6 Å². The molecule has 1 aliphatic heterocycles. The molecule has 0 unspecified atom stereocenters. The molecular weight excluding hydrogens is 466 g/mol. The van der Waals surface area contributed by atoms with Crippen molar-refractivity contribution in [2.24, 2.45) is 0 Å². The van der Waals surface area contributed by atoms with Gasteiger partial charge in [-0.1, -0.05) is 35.9 Å². The maximum atomic E-state index is 13.1. The standard InChI is InChI=1S/C26H28ClN5O3/c1-18-9-10-21(28-25(33)22-7-4-8-24(27)29-22)16-23(18)32(35)26(34)20-6-3-5-19(15-20)17-31-13-11-30(2)12-14-31/h3-10,15-16,35H,11-14,17H2,1-2H3,(H,28,33). The van der Waals surface area contributed by atoms with E-state index in [2.05, 4.69) is 27.1 Å². The van der Waals surface area contributed by atoms with Crippen LogP contribution in [-0.2, 0) is 6.54 Å². The number of carbonyl (C=O) groups excluding carboxylic acids is 2. The summed E-state index contributed by atoms with van der Waals surface area (Å²) in [6.45, 7) is 6.51. The van der Waals surface area contributed by atoms with Crippen LogP contribution in [0.5, 0.6) is 0 Å². The molecule has 1 fully saturated rings. The number of hydrogen-bond donors (Lipinski definition) is 2. The van der Waals surface area contributed by atoms with E-state index in [0.717, 1.165) is 38.3 Å². The van der Waals surface area contributed by atoms with E-state index in [1.165, 1.54) is 0 Å². The summed E-state index contributed by atoms with van der Waals surface area (Å²) in [5, 5.41) is 14.4. The Morgan fingerprint density at radius 2 is 1.80 bits per heavy atom. The Morgan fingerprint density at radius 3 is 2.54 bits per heavy atom. The number of piperazine rings is 1. The minimum absolute atomic E-state index is 0.161. The van der Waals surface area contributed by atoms with Gasteiger partial charge in [-0.05, 0) is 61.5 Å². The molecule has 0 saturated carbocycles. The molecule has 2 amide bonds. The fraction of sp³-hybridized carbons (Fsp3) is 0.269. The van der Waals surface area contributed by atoms with Gasteiger partial charge in [-0.3, -0.25) is 19.7 Å². The number of amides is 2. The molecule has 9 heteroatoms. The normalized spacial score (nSPS) is 14.5. The van der Waals surface area contributed by atoms with Crippen molar-refractivity contribution in [3.63, 3.8) is 0 Å². The molecule has 0 bridgehead atoms. The smallest absolute Gasteiger partial charge is 0.282 e. The van der Waals surface area contributed by atoms with Gasteiger partial charge in [-0.2, -0.15) is 5.06 Å². The van der Waals surface area contributed by atoms with Crippen LogP contribution < -0.4 is 10.4 Å². The van der Waals surface area contributed by atoms with Crippen LogP contribution in [0.1, 0.15) is 32.0 Å². The summed E-state index contributed by atoms with van der Waals surface area (Å²) < 4.78 is 0. The lowest BCUT2D eigenvalue weighted by atomic mass is 10.1. The molecule has 4 rings (SSSR count). The lowest BCUT2D eigenvalue weighted by Crippen LogP contribution is -2.43. The average molecular weight is 494 g/mol. The van der Waals surface area contributed by atoms with E-state index in [4.69, 9.17) is 11.6 Å². The Hall–Kier alpha value is -3.30. The summed E-state index contributed by atoms with van der Waals surface area (Å²) in [4.78, 5) is 34.3. The minimum atomic E-state index is -0.548. The van der Waals surface area contributed by atoms with Crippen LogP contribution in [0.2, 0.25) is 5.15 Å². The summed E-state index contributed by atoms with van der Waals surface area (Å²) >= 11 is 5.87. The van der Waals surface area contributed by atoms with Crippen LogP contribution in [0.25, 0.3) is 0 Å². The first-order valence-electron chi connectivity index (χ1n) is 11.4. The van der Waals surface area contributed by atoms with Gasteiger partial charge in [0.2, 0.25) is 0 Å². The van der Waals surface area contributed by atoms with Crippen LogP contribution in [-0.4, -0.2) is 65.0 Å². The maximum absolute atomic E-state index is 13.1. The Morgan fingerprint density at radius 1 is 1.06 bits per heavy atom. The van der Waals surface area contributed by atoms with Gasteiger partial charge in [0.15, 0.2) is 0 Å². The van der Waals surface area contributed by atoms with E-state index in [1.807, 2.05) is 18.2 Å². The third-order valence-corrected chi connectivity index (χ3v) is 6.22. The van der Waals surface area contributed by atoms with Gasteiger partial charge in [0.05, 0.1) is 5.69 Å². The van der Waals surface area contributed by atoms with Gasteiger partial charge < -0.3 is 10.2 Å². The third kappa shape index (κ3) is 6.23. The molecular formula is C26H28ClN5O3. The number of benzene rings is 2. The molecule has 0 atom stereocenters. The fourth-order valence-electron chi connectivity index (χ4n) is 3.94. The Kier molecular flexibility index (Phi) is 7.77.